The van der Waals surface area contributed by atoms with Crippen LogP contribution in [-0.4, -0.2) is 27.9 Å². The van der Waals surface area contributed by atoms with E-state index in [0.29, 0.717) is 5.56 Å². The number of carbonyl (C=O) groups is 1. The summed E-state index contributed by atoms with van der Waals surface area (Å²) in [6.07, 6.45) is -5.48. The van der Waals surface area contributed by atoms with Crippen molar-refractivity contribution in [3.63, 3.8) is 0 Å². The van der Waals surface area contributed by atoms with Gasteiger partial charge in [-0.05, 0) is 22.4 Å². The Bertz CT molecular complexity index is 600. The molecule has 2 aromatic rings. The Balaban J connectivity index is 1.83. The predicted molar refractivity (Wildman–Crippen MR) is 71.2 cm³/mol. The summed E-state index contributed by atoms with van der Waals surface area (Å²) in [6, 6.07) is 0.934. The third kappa shape index (κ3) is 4.37. The van der Waals surface area contributed by atoms with Crippen LogP contribution >= 0.6 is 22.7 Å². The molecule has 2 aromatic heterocycles. The number of aliphatic hydroxyl groups excluding tert-OH is 1. The fourth-order valence-corrected chi connectivity index (χ4v) is 2.61. The molecular formula is C10H9F3N4O2S2. The summed E-state index contributed by atoms with van der Waals surface area (Å²) in [5, 5.41) is 22.4. The number of aromatic nitrogens is 2. The smallest absolute Gasteiger partial charge is 0.387 e. The van der Waals surface area contributed by atoms with E-state index >= 15 is 0 Å². The molecule has 1 unspecified atom stereocenters. The minimum atomic E-state index is -4.59. The quantitative estimate of drug-likeness (QED) is 0.799. The molecule has 0 spiro atoms. The maximum atomic E-state index is 12.3. The minimum absolute atomic E-state index is 0.0759. The zero-order valence-electron chi connectivity index (χ0n) is 10.2. The van der Waals surface area contributed by atoms with Gasteiger partial charge in [0, 0.05) is 6.54 Å². The van der Waals surface area contributed by atoms with Gasteiger partial charge in [0.2, 0.25) is 10.1 Å². The van der Waals surface area contributed by atoms with Gasteiger partial charge in [-0.2, -0.15) is 24.5 Å². The van der Waals surface area contributed by atoms with E-state index < -0.39 is 23.3 Å². The van der Waals surface area contributed by atoms with Gasteiger partial charge in [0.25, 0.3) is 0 Å². The number of rotatable bonds is 4. The number of halogens is 3. The summed E-state index contributed by atoms with van der Waals surface area (Å²) in [7, 11) is 0. The summed E-state index contributed by atoms with van der Waals surface area (Å²) in [5.41, 5.74) is 0.649. The van der Waals surface area contributed by atoms with Crippen LogP contribution in [0.2, 0.25) is 0 Å². The topological polar surface area (TPSA) is 87.1 Å². The average molecular weight is 338 g/mol. The molecule has 11 heteroatoms. The molecule has 0 aliphatic carbocycles. The van der Waals surface area contributed by atoms with Crippen molar-refractivity contribution in [2.24, 2.45) is 0 Å². The molecule has 114 valence electrons. The number of anilines is 1. The molecule has 0 aliphatic heterocycles. The van der Waals surface area contributed by atoms with Crippen molar-refractivity contribution >= 4 is 33.8 Å². The zero-order valence-corrected chi connectivity index (χ0v) is 11.8. The Morgan fingerprint density at radius 1 is 1.43 bits per heavy atom. The highest BCUT2D eigenvalue weighted by molar-refractivity contribution is 7.15. The summed E-state index contributed by atoms with van der Waals surface area (Å²) < 4.78 is 36.9. The second-order valence-electron chi connectivity index (χ2n) is 3.82. The number of alkyl halides is 3. The van der Waals surface area contributed by atoms with E-state index in [1.807, 2.05) is 0 Å². The third-order valence-corrected chi connectivity index (χ3v) is 3.86. The van der Waals surface area contributed by atoms with Crippen LogP contribution in [0, 0.1) is 0 Å². The molecule has 1 atom stereocenters. The number of carbonyl (C=O) groups excluding carboxylic acids is 1. The lowest BCUT2D eigenvalue weighted by Crippen LogP contribution is -2.32. The molecule has 6 nitrogen and oxygen atoms in total. The van der Waals surface area contributed by atoms with Gasteiger partial charge in [0.15, 0.2) is 0 Å². The predicted octanol–water partition coefficient (Wildman–Crippen LogP) is 2.47. The van der Waals surface area contributed by atoms with Gasteiger partial charge in [-0.3, -0.25) is 5.32 Å². The molecule has 0 aliphatic rings. The lowest BCUT2D eigenvalue weighted by atomic mass is 10.2. The number of thiophene rings is 1. The molecule has 0 fully saturated rings. The van der Waals surface area contributed by atoms with E-state index in [0.717, 1.165) is 0 Å². The molecule has 0 saturated heterocycles. The number of aliphatic hydroxyl groups is 1. The van der Waals surface area contributed by atoms with E-state index in [-0.39, 0.29) is 23.0 Å². The highest BCUT2D eigenvalue weighted by Crippen LogP contribution is 2.32. The monoisotopic (exact) mass is 338 g/mol. The molecule has 2 rings (SSSR count). The minimum Gasteiger partial charge on any atom is -0.387 e. The zero-order chi connectivity index (χ0) is 15.5. The van der Waals surface area contributed by atoms with Crippen LogP contribution in [0.4, 0.5) is 23.1 Å². The lowest BCUT2D eigenvalue weighted by Gasteiger charge is -2.10. The van der Waals surface area contributed by atoms with Crippen molar-refractivity contribution in [2.75, 3.05) is 11.9 Å². The molecular weight excluding hydrogens is 329 g/mol. The van der Waals surface area contributed by atoms with E-state index in [1.54, 1.807) is 16.8 Å². The lowest BCUT2D eigenvalue weighted by molar-refractivity contribution is -0.138. The maximum Gasteiger partial charge on any atom is 0.445 e. The van der Waals surface area contributed by atoms with Crippen molar-refractivity contribution in [3.05, 3.63) is 27.4 Å². The number of urea groups is 1. The van der Waals surface area contributed by atoms with E-state index in [4.69, 9.17) is 0 Å². The Kier molecular flexibility index (Phi) is 4.75. The van der Waals surface area contributed by atoms with Gasteiger partial charge in [0.05, 0.1) is 6.10 Å². The normalized spacial score (nSPS) is 13.0. The van der Waals surface area contributed by atoms with Crippen molar-refractivity contribution in [2.45, 2.75) is 12.3 Å². The van der Waals surface area contributed by atoms with E-state index in [9.17, 15) is 23.1 Å². The summed E-state index contributed by atoms with van der Waals surface area (Å²) in [4.78, 5) is 11.5. The maximum absolute atomic E-state index is 12.3. The fourth-order valence-electron chi connectivity index (χ4n) is 1.30. The first-order chi connectivity index (χ1) is 9.86. The Morgan fingerprint density at radius 2 is 2.19 bits per heavy atom. The van der Waals surface area contributed by atoms with Crippen LogP contribution in [0.3, 0.4) is 0 Å². The van der Waals surface area contributed by atoms with Gasteiger partial charge >= 0.3 is 12.2 Å². The Labute approximate surface area is 124 Å². The van der Waals surface area contributed by atoms with Crippen LogP contribution in [0.1, 0.15) is 16.7 Å². The van der Waals surface area contributed by atoms with E-state index in [1.165, 1.54) is 11.3 Å². The van der Waals surface area contributed by atoms with Crippen molar-refractivity contribution in [1.29, 1.82) is 0 Å². The van der Waals surface area contributed by atoms with Gasteiger partial charge in [-0.15, -0.1) is 10.2 Å². The number of hydrogen-bond donors (Lipinski definition) is 3. The van der Waals surface area contributed by atoms with Crippen molar-refractivity contribution in [3.8, 4) is 0 Å². The first-order valence-corrected chi connectivity index (χ1v) is 7.28. The summed E-state index contributed by atoms with van der Waals surface area (Å²) in [6.45, 7) is -0.0759. The fraction of sp³-hybridized carbons (Fsp3) is 0.300. The largest absolute Gasteiger partial charge is 0.445 e. The third-order valence-electron chi connectivity index (χ3n) is 2.27. The molecule has 0 radical (unpaired) electrons. The number of hydrogen-bond acceptors (Lipinski definition) is 6. The molecule has 21 heavy (non-hydrogen) atoms. The Morgan fingerprint density at radius 3 is 2.76 bits per heavy atom. The molecule has 2 amide bonds. The van der Waals surface area contributed by atoms with Gasteiger partial charge < -0.3 is 10.4 Å². The molecule has 2 heterocycles. The number of nitrogens with one attached hydrogen (secondary N) is 2. The molecule has 0 saturated carbocycles. The highest BCUT2D eigenvalue weighted by atomic mass is 32.1. The van der Waals surface area contributed by atoms with Crippen LogP contribution in [0.15, 0.2) is 16.8 Å². The molecule has 3 N–H and O–H groups in total. The summed E-state index contributed by atoms with van der Waals surface area (Å²) in [5.74, 6) is 0. The van der Waals surface area contributed by atoms with Gasteiger partial charge in [-0.25, -0.2) is 4.79 Å². The second kappa shape index (κ2) is 6.37. The van der Waals surface area contributed by atoms with Gasteiger partial charge in [0.1, 0.15) is 0 Å². The van der Waals surface area contributed by atoms with Crippen molar-refractivity contribution < 1.29 is 23.1 Å². The van der Waals surface area contributed by atoms with Crippen LogP contribution in [-0.2, 0) is 6.18 Å². The molecule has 0 aromatic carbocycles. The number of amides is 2. The average Bonchev–Trinajstić information content (AvgIpc) is 3.05. The summed E-state index contributed by atoms with van der Waals surface area (Å²) >= 11 is 1.62. The van der Waals surface area contributed by atoms with Crippen LogP contribution < -0.4 is 10.6 Å². The first-order valence-electron chi connectivity index (χ1n) is 5.52. The second-order valence-corrected chi connectivity index (χ2v) is 5.58. The van der Waals surface area contributed by atoms with Crippen LogP contribution in [0.5, 0.6) is 0 Å². The molecule has 0 bridgehead atoms. The SMILES string of the molecule is O=C(NCC(O)c1ccsc1)Nc1nnc(C(F)(F)F)s1. The van der Waals surface area contributed by atoms with Crippen LogP contribution in [0.25, 0.3) is 0 Å². The highest BCUT2D eigenvalue weighted by Gasteiger charge is 2.35. The van der Waals surface area contributed by atoms with E-state index in [2.05, 4.69) is 20.8 Å². The Hall–Kier alpha value is -1.72. The van der Waals surface area contributed by atoms with Gasteiger partial charge in [-0.1, -0.05) is 11.3 Å². The standard InChI is InChI=1S/C10H9F3N4O2S2/c11-10(12,13)7-16-17-9(21-7)15-8(19)14-3-6(18)5-1-2-20-4-5/h1-2,4,6,18H,3H2,(H2,14,15,17,19). The number of nitrogens with zero attached hydrogens (tertiary/aromatic N) is 2. The van der Waals surface area contributed by atoms with Crippen molar-refractivity contribution in [1.82, 2.24) is 15.5 Å². The first kappa shape index (κ1) is 15.7.